The number of hydrogen-bond acceptors (Lipinski definition) is 7. The maximum atomic E-state index is 12.4. The molecule has 0 unspecified atom stereocenters. The third-order valence-corrected chi connectivity index (χ3v) is 4.91. The summed E-state index contributed by atoms with van der Waals surface area (Å²) in [5.41, 5.74) is 1.40. The van der Waals surface area contributed by atoms with E-state index in [1.54, 1.807) is 28.8 Å². The molecule has 9 nitrogen and oxygen atoms in total. The largest absolute Gasteiger partial charge is 0.386 e. The van der Waals surface area contributed by atoms with Gasteiger partial charge in [0.25, 0.3) is 5.91 Å². The fraction of sp³-hybridized carbons (Fsp3) is 0.333. The SMILES string of the molecule is C[C@H]1O[C@@H](n2cnc3c(NC(=O)c4ccccc4)ncnc32)[C@@H](O)[C@@H]2O[C@@H]21. The summed E-state index contributed by atoms with van der Waals surface area (Å²) in [4.78, 5) is 25.2. The van der Waals surface area contributed by atoms with Crippen molar-refractivity contribution in [3.63, 3.8) is 0 Å². The molecule has 1 amide bonds. The Hall–Kier alpha value is -2.88. The smallest absolute Gasteiger partial charge is 0.256 e. The number of carbonyl (C=O) groups is 1. The number of epoxide rings is 1. The first-order valence-corrected chi connectivity index (χ1v) is 8.66. The standard InChI is InChI=1S/C18H17N5O4/c1-9-13-14(27-13)12(24)18(26-9)23-8-21-11-15(19-7-20-16(11)23)22-17(25)10-5-3-2-4-6-10/h2-9,12-14,18,24H,1H3,(H,19,20,22,25)/t9-,12+,13-,14+,18-/m1/s1. The highest BCUT2D eigenvalue weighted by atomic mass is 16.7. The summed E-state index contributed by atoms with van der Waals surface area (Å²) >= 11 is 0. The first-order chi connectivity index (χ1) is 13.1. The minimum atomic E-state index is -0.819. The summed E-state index contributed by atoms with van der Waals surface area (Å²) in [5.74, 6) is 0.00782. The highest BCUT2D eigenvalue weighted by molar-refractivity contribution is 6.06. The van der Waals surface area contributed by atoms with E-state index in [9.17, 15) is 9.90 Å². The molecule has 0 bridgehead atoms. The van der Waals surface area contributed by atoms with Crippen LogP contribution in [-0.4, -0.2) is 54.9 Å². The van der Waals surface area contributed by atoms with E-state index in [4.69, 9.17) is 9.47 Å². The van der Waals surface area contributed by atoms with Crippen molar-refractivity contribution in [3.05, 3.63) is 48.5 Å². The molecular formula is C18H17N5O4. The second-order valence-electron chi connectivity index (χ2n) is 6.65. The van der Waals surface area contributed by atoms with Crippen molar-refractivity contribution in [2.75, 3.05) is 5.32 Å². The number of carbonyl (C=O) groups excluding carboxylic acids is 1. The number of anilines is 1. The molecule has 2 N–H and O–H groups in total. The van der Waals surface area contributed by atoms with Gasteiger partial charge in [-0.05, 0) is 19.1 Å². The molecule has 0 radical (unpaired) electrons. The molecule has 1 aromatic carbocycles. The number of rotatable bonds is 3. The zero-order chi connectivity index (χ0) is 18.5. The Morgan fingerprint density at radius 3 is 2.78 bits per heavy atom. The Morgan fingerprint density at radius 1 is 1.15 bits per heavy atom. The van der Waals surface area contributed by atoms with E-state index in [0.29, 0.717) is 22.5 Å². The highest BCUT2D eigenvalue weighted by Gasteiger charge is 2.56. The monoisotopic (exact) mass is 367 g/mol. The van der Waals surface area contributed by atoms with Crippen LogP contribution >= 0.6 is 0 Å². The van der Waals surface area contributed by atoms with Gasteiger partial charge in [0.1, 0.15) is 24.6 Å². The van der Waals surface area contributed by atoms with Crippen LogP contribution in [0.3, 0.4) is 0 Å². The van der Waals surface area contributed by atoms with Gasteiger partial charge in [0.05, 0.1) is 12.4 Å². The van der Waals surface area contributed by atoms with Crippen molar-refractivity contribution in [1.29, 1.82) is 0 Å². The van der Waals surface area contributed by atoms with Crippen LogP contribution in [0.2, 0.25) is 0 Å². The maximum absolute atomic E-state index is 12.4. The minimum absolute atomic E-state index is 0.0682. The van der Waals surface area contributed by atoms with Crippen molar-refractivity contribution in [2.24, 2.45) is 0 Å². The number of fused-ring (bicyclic) bond motifs is 2. The Balaban J connectivity index is 1.47. The van der Waals surface area contributed by atoms with Gasteiger partial charge in [-0.2, -0.15) is 0 Å². The highest BCUT2D eigenvalue weighted by Crippen LogP contribution is 2.41. The van der Waals surface area contributed by atoms with E-state index in [1.807, 2.05) is 13.0 Å². The number of ether oxygens (including phenoxy) is 2. The lowest BCUT2D eigenvalue weighted by Gasteiger charge is -2.30. The number of aliphatic hydroxyl groups is 1. The molecule has 27 heavy (non-hydrogen) atoms. The number of amides is 1. The van der Waals surface area contributed by atoms with Crippen LogP contribution in [0.5, 0.6) is 0 Å². The Kier molecular flexibility index (Phi) is 3.67. The lowest BCUT2D eigenvalue weighted by molar-refractivity contribution is -0.131. The zero-order valence-electron chi connectivity index (χ0n) is 14.4. The predicted octanol–water partition coefficient (Wildman–Crippen LogP) is 1.12. The van der Waals surface area contributed by atoms with Gasteiger partial charge in [-0.15, -0.1) is 0 Å². The lowest BCUT2D eigenvalue weighted by Crippen LogP contribution is -2.41. The van der Waals surface area contributed by atoms with Crippen LogP contribution < -0.4 is 5.32 Å². The molecule has 9 heteroatoms. The molecule has 4 heterocycles. The molecule has 0 saturated carbocycles. The van der Waals surface area contributed by atoms with Gasteiger partial charge < -0.3 is 19.9 Å². The Morgan fingerprint density at radius 2 is 1.96 bits per heavy atom. The molecular weight excluding hydrogens is 350 g/mol. The molecule has 2 aromatic heterocycles. The van der Waals surface area contributed by atoms with E-state index in [0.717, 1.165) is 0 Å². The van der Waals surface area contributed by atoms with Gasteiger partial charge >= 0.3 is 0 Å². The summed E-state index contributed by atoms with van der Waals surface area (Å²) in [6.07, 6.45) is 0.940. The summed E-state index contributed by atoms with van der Waals surface area (Å²) in [6, 6.07) is 8.84. The van der Waals surface area contributed by atoms with Crippen molar-refractivity contribution in [1.82, 2.24) is 19.5 Å². The average Bonchev–Trinajstić information content (AvgIpc) is 3.39. The molecule has 0 aliphatic carbocycles. The van der Waals surface area contributed by atoms with Crippen molar-refractivity contribution < 1.29 is 19.4 Å². The van der Waals surface area contributed by atoms with Gasteiger partial charge in [0.15, 0.2) is 23.2 Å². The lowest BCUT2D eigenvalue weighted by atomic mass is 10.1. The molecule has 2 aliphatic rings. The molecule has 2 aliphatic heterocycles. The summed E-state index contributed by atoms with van der Waals surface area (Å²) < 4.78 is 13.0. The number of benzene rings is 1. The third kappa shape index (κ3) is 2.67. The van der Waals surface area contributed by atoms with Crippen LogP contribution in [-0.2, 0) is 9.47 Å². The maximum Gasteiger partial charge on any atom is 0.256 e. The third-order valence-electron chi connectivity index (χ3n) is 4.91. The molecule has 2 fully saturated rings. The van der Waals surface area contributed by atoms with Crippen molar-refractivity contribution in [2.45, 2.75) is 37.6 Å². The molecule has 5 atom stereocenters. The van der Waals surface area contributed by atoms with Gasteiger partial charge in [-0.25, -0.2) is 15.0 Å². The molecule has 138 valence electrons. The number of hydrogen-bond donors (Lipinski definition) is 2. The normalized spacial score (nSPS) is 29.3. The number of imidazole rings is 1. The number of nitrogens with zero attached hydrogens (tertiary/aromatic N) is 4. The summed E-state index contributed by atoms with van der Waals surface area (Å²) in [5, 5.41) is 13.2. The second kappa shape index (κ2) is 6.08. The fourth-order valence-corrected chi connectivity index (χ4v) is 3.46. The average molecular weight is 367 g/mol. The quantitative estimate of drug-likeness (QED) is 0.667. The Bertz CT molecular complexity index is 1010. The van der Waals surface area contributed by atoms with Crippen molar-refractivity contribution in [3.8, 4) is 0 Å². The summed E-state index contributed by atoms with van der Waals surface area (Å²) in [6.45, 7) is 1.91. The van der Waals surface area contributed by atoms with Gasteiger partial charge in [0.2, 0.25) is 0 Å². The van der Waals surface area contributed by atoms with E-state index >= 15 is 0 Å². The molecule has 5 rings (SSSR count). The van der Waals surface area contributed by atoms with Crippen LogP contribution in [0.4, 0.5) is 5.82 Å². The van der Waals surface area contributed by atoms with E-state index in [2.05, 4.69) is 20.3 Å². The zero-order valence-corrected chi connectivity index (χ0v) is 14.4. The first-order valence-electron chi connectivity index (χ1n) is 8.66. The predicted molar refractivity (Wildman–Crippen MR) is 94.0 cm³/mol. The number of nitrogens with one attached hydrogen (secondary N) is 1. The molecule has 2 saturated heterocycles. The van der Waals surface area contributed by atoms with E-state index in [1.165, 1.54) is 12.7 Å². The second-order valence-corrected chi connectivity index (χ2v) is 6.65. The van der Waals surface area contributed by atoms with E-state index in [-0.39, 0.29) is 24.2 Å². The van der Waals surface area contributed by atoms with Crippen LogP contribution in [0.15, 0.2) is 43.0 Å². The number of aliphatic hydroxyl groups excluding tert-OH is 1. The van der Waals surface area contributed by atoms with Gasteiger partial charge in [-0.1, -0.05) is 18.2 Å². The van der Waals surface area contributed by atoms with Crippen LogP contribution in [0.25, 0.3) is 11.2 Å². The summed E-state index contributed by atoms with van der Waals surface area (Å²) in [7, 11) is 0. The molecule has 0 spiro atoms. The van der Waals surface area contributed by atoms with Gasteiger partial charge in [-0.3, -0.25) is 9.36 Å². The fourth-order valence-electron chi connectivity index (χ4n) is 3.46. The molecule has 3 aromatic rings. The van der Waals surface area contributed by atoms with Crippen LogP contribution in [0, 0.1) is 0 Å². The number of aromatic nitrogens is 4. The van der Waals surface area contributed by atoms with Crippen molar-refractivity contribution >= 4 is 22.9 Å². The van der Waals surface area contributed by atoms with Crippen LogP contribution in [0.1, 0.15) is 23.5 Å². The topological polar surface area (TPSA) is 115 Å². The minimum Gasteiger partial charge on any atom is -0.386 e. The first kappa shape index (κ1) is 16.3. The van der Waals surface area contributed by atoms with Gasteiger partial charge in [0, 0.05) is 5.56 Å². The van der Waals surface area contributed by atoms with E-state index < -0.39 is 12.3 Å². The Labute approximate surface area is 154 Å².